The molecule has 1 N–H and O–H groups in total. The van der Waals surface area contributed by atoms with Crippen LogP contribution in [0.3, 0.4) is 0 Å². The molecule has 10 heteroatoms. The lowest BCUT2D eigenvalue weighted by Gasteiger charge is -2.14. The molecule has 0 spiro atoms. The third kappa shape index (κ3) is 4.77. The number of fused-ring (bicyclic) bond motifs is 1. The smallest absolute Gasteiger partial charge is 0.261 e. The van der Waals surface area contributed by atoms with Gasteiger partial charge in [-0.05, 0) is 65.7 Å². The minimum atomic E-state index is -3.93. The Hall–Kier alpha value is -4.83. The second kappa shape index (κ2) is 9.48. The van der Waals surface area contributed by atoms with Crippen molar-refractivity contribution >= 4 is 26.7 Å². The lowest BCUT2D eigenvalue weighted by molar-refractivity contribution is 0.585. The fourth-order valence-corrected chi connectivity index (χ4v) is 5.53. The molecule has 0 aliphatic rings. The van der Waals surface area contributed by atoms with E-state index in [4.69, 9.17) is 0 Å². The summed E-state index contributed by atoms with van der Waals surface area (Å²) in [4.78, 5) is 4.63. The fraction of sp³-hybridized carbons (Fsp3) is 0.0345. The molecule has 2 heterocycles. The normalized spacial score (nSPS) is 11.7. The Balaban J connectivity index is 1.48. The highest BCUT2D eigenvalue weighted by Gasteiger charge is 2.17. The maximum atomic E-state index is 14.8. The molecule has 7 nitrogen and oxygen atoms in total. The van der Waals surface area contributed by atoms with Gasteiger partial charge in [-0.15, -0.1) is 0 Å². The van der Waals surface area contributed by atoms with Gasteiger partial charge in [-0.25, -0.2) is 22.2 Å². The number of nitrogens with one attached hydrogen (secondary N) is 1. The van der Waals surface area contributed by atoms with Crippen molar-refractivity contribution in [3.05, 3.63) is 115 Å². The Morgan fingerprint density at radius 2 is 1.67 bits per heavy atom. The summed E-state index contributed by atoms with van der Waals surface area (Å²) in [5.74, 6) is -1.47. The van der Waals surface area contributed by atoms with Crippen molar-refractivity contribution in [3.63, 3.8) is 0 Å². The maximum Gasteiger partial charge on any atom is 0.261 e. The van der Waals surface area contributed by atoms with Gasteiger partial charge in [0.15, 0.2) is 0 Å². The summed E-state index contributed by atoms with van der Waals surface area (Å²) >= 11 is 0. The molecular formula is C29H21F2N5O2S. The molecule has 6 aromatic rings. The van der Waals surface area contributed by atoms with Crippen LogP contribution in [-0.2, 0) is 17.1 Å². The SMILES string of the molecule is Cn1cc(-c2ccc3c(c2)ncn3-c2cc(NS(=O)(=O)c3ccccc3)cc(-c3ccc(F)cc3F)c2)cn1. The number of aryl methyl sites for hydroxylation is 1. The van der Waals surface area contributed by atoms with E-state index in [-0.39, 0.29) is 16.1 Å². The first-order chi connectivity index (χ1) is 18.8. The van der Waals surface area contributed by atoms with E-state index < -0.39 is 21.7 Å². The zero-order valence-electron chi connectivity index (χ0n) is 20.6. The molecule has 6 rings (SSSR count). The summed E-state index contributed by atoms with van der Waals surface area (Å²) in [6.45, 7) is 0. The first kappa shape index (κ1) is 24.5. The molecule has 0 saturated carbocycles. The van der Waals surface area contributed by atoms with Gasteiger partial charge in [0.05, 0.1) is 27.8 Å². The zero-order chi connectivity index (χ0) is 27.1. The Kier molecular flexibility index (Phi) is 5.96. The Labute approximate surface area is 223 Å². The standard InChI is InChI=1S/C29H21F2N5O2S/c1-35-17-21(16-33-35)19-7-10-29-28(13-19)32-18-36(29)24-12-20(26-9-8-22(30)14-27(26)31)11-23(15-24)34-39(37,38)25-5-3-2-4-6-25/h2-18,34H,1H3. The average molecular weight is 542 g/mol. The molecule has 194 valence electrons. The second-order valence-electron chi connectivity index (χ2n) is 9.03. The van der Waals surface area contributed by atoms with Crippen LogP contribution < -0.4 is 4.72 Å². The van der Waals surface area contributed by atoms with Crippen LogP contribution in [0.25, 0.3) is 39.0 Å². The fourth-order valence-electron chi connectivity index (χ4n) is 4.47. The van der Waals surface area contributed by atoms with Gasteiger partial charge < -0.3 is 0 Å². The average Bonchev–Trinajstić information content (AvgIpc) is 3.54. The lowest BCUT2D eigenvalue weighted by atomic mass is 10.0. The van der Waals surface area contributed by atoms with Gasteiger partial charge in [-0.1, -0.05) is 24.3 Å². The predicted molar refractivity (Wildman–Crippen MR) is 146 cm³/mol. The van der Waals surface area contributed by atoms with E-state index in [0.29, 0.717) is 16.8 Å². The molecule has 0 aliphatic carbocycles. The van der Waals surface area contributed by atoms with Crippen LogP contribution in [0.4, 0.5) is 14.5 Å². The summed E-state index contributed by atoms with van der Waals surface area (Å²) < 4.78 is 60.7. The van der Waals surface area contributed by atoms with E-state index in [1.54, 1.807) is 52.1 Å². The maximum absolute atomic E-state index is 14.8. The number of nitrogens with zero attached hydrogens (tertiary/aromatic N) is 4. The van der Waals surface area contributed by atoms with Gasteiger partial charge in [0, 0.05) is 36.1 Å². The van der Waals surface area contributed by atoms with E-state index in [2.05, 4.69) is 14.8 Å². The second-order valence-corrected chi connectivity index (χ2v) is 10.7. The Bertz CT molecular complexity index is 1950. The number of hydrogen-bond acceptors (Lipinski definition) is 4. The van der Waals surface area contributed by atoms with Crippen LogP contribution in [0.2, 0.25) is 0 Å². The molecular weight excluding hydrogens is 520 g/mol. The molecule has 39 heavy (non-hydrogen) atoms. The first-order valence-corrected chi connectivity index (χ1v) is 13.4. The summed E-state index contributed by atoms with van der Waals surface area (Å²) in [6.07, 6.45) is 5.29. The third-order valence-electron chi connectivity index (χ3n) is 6.33. The van der Waals surface area contributed by atoms with Gasteiger partial charge in [0.1, 0.15) is 18.0 Å². The molecule has 4 aromatic carbocycles. The van der Waals surface area contributed by atoms with Crippen molar-refractivity contribution in [3.8, 4) is 27.9 Å². The third-order valence-corrected chi connectivity index (χ3v) is 7.73. The van der Waals surface area contributed by atoms with Gasteiger partial charge in [0.2, 0.25) is 0 Å². The van der Waals surface area contributed by atoms with Gasteiger partial charge in [-0.3, -0.25) is 14.0 Å². The van der Waals surface area contributed by atoms with Crippen LogP contribution in [0, 0.1) is 11.6 Å². The molecule has 0 aliphatic heterocycles. The van der Waals surface area contributed by atoms with Crippen LogP contribution in [-0.4, -0.2) is 27.7 Å². The lowest BCUT2D eigenvalue weighted by Crippen LogP contribution is -2.13. The molecule has 0 radical (unpaired) electrons. The van der Waals surface area contributed by atoms with E-state index in [1.165, 1.54) is 24.3 Å². The first-order valence-electron chi connectivity index (χ1n) is 11.9. The summed E-state index contributed by atoms with van der Waals surface area (Å²) in [6, 6.07) is 21.9. The highest BCUT2D eigenvalue weighted by molar-refractivity contribution is 7.92. The number of anilines is 1. The number of benzene rings is 4. The van der Waals surface area contributed by atoms with Crippen molar-refractivity contribution in [2.75, 3.05) is 4.72 Å². The largest absolute Gasteiger partial charge is 0.299 e. The molecule has 0 atom stereocenters. The van der Waals surface area contributed by atoms with Crippen LogP contribution in [0.15, 0.2) is 109 Å². The zero-order valence-corrected chi connectivity index (χ0v) is 21.4. The Morgan fingerprint density at radius 3 is 2.41 bits per heavy atom. The number of hydrogen-bond donors (Lipinski definition) is 1. The number of imidazole rings is 1. The van der Waals surface area contributed by atoms with Gasteiger partial charge in [0.25, 0.3) is 10.0 Å². The number of halogens is 2. The van der Waals surface area contributed by atoms with Crippen LogP contribution >= 0.6 is 0 Å². The summed E-state index contributed by atoms with van der Waals surface area (Å²) in [5.41, 5.74) is 4.60. The molecule has 0 fully saturated rings. The Morgan fingerprint density at radius 1 is 0.846 bits per heavy atom. The summed E-state index contributed by atoms with van der Waals surface area (Å²) in [7, 11) is -2.08. The van der Waals surface area contributed by atoms with E-state index in [9.17, 15) is 17.2 Å². The quantitative estimate of drug-likeness (QED) is 0.273. The highest BCUT2D eigenvalue weighted by Crippen LogP contribution is 2.32. The minimum Gasteiger partial charge on any atom is -0.299 e. The molecule has 0 saturated heterocycles. The molecule has 0 amide bonds. The van der Waals surface area contributed by atoms with Crippen molar-refractivity contribution in [2.45, 2.75) is 4.90 Å². The van der Waals surface area contributed by atoms with Gasteiger partial charge >= 0.3 is 0 Å². The summed E-state index contributed by atoms with van der Waals surface area (Å²) in [5, 5.41) is 4.22. The molecule has 2 aromatic heterocycles. The van der Waals surface area contributed by atoms with E-state index in [0.717, 1.165) is 28.8 Å². The molecule has 0 unspecified atom stereocenters. The number of rotatable bonds is 6. The topological polar surface area (TPSA) is 81.8 Å². The van der Waals surface area contributed by atoms with Crippen molar-refractivity contribution in [1.82, 2.24) is 19.3 Å². The monoisotopic (exact) mass is 541 g/mol. The number of sulfonamides is 1. The predicted octanol–water partition coefficient (Wildman–Crippen LogP) is 6.17. The van der Waals surface area contributed by atoms with Crippen molar-refractivity contribution < 1.29 is 17.2 Å². The number of aromatic nitrogens is 4. The van der Waals surface area contributed by atoms with E-state index >= 15 is 0 Å². The van der Waals surface area contributed by atoms with Crippen LogP contribution in [0.1, 0.15) is 0 Å². The van der Waals surface area contributed by atoms with E-state index in [1.807, 2.05) is 31.4 Å². The van der Waals surface area contributed by atoms with Crippen LogP contribution in [0.5, 0.6) is 0 Å². The van der Waals surface area contributed by atoms with Gasteiger partial charge in [-0.2, -0.15) is 5.10 Å². The highest BCUT2D eigenvalue weighted by atomic mass is 32.2. The molecule has 0 bridgehead atoms. The van der Waals surface area contributed by atoms with Crippen molar-refractivity contribution in [1.29, 1.82) is 0 Å². The minimum absolute atomic E-state index is 0.0842. The van der Waals surface area contributed by atoms with Crippen molar-refractivity contribution in [2.24, 2.45) is 7.05 Å².